The molecule has 16 rings (SSSR count). The summed E-state index contributed by atoms with van der Waals surface area (Å²) in [5, 5.41) is 24.3. The van der Waals surface area contributed by atoms with Gasteiger partial charge in [-0.1, -0.05) is 207 Å². The van der Waals surface area contributed by atoms with Gasteiger partial charge in [0, 0.05) is 143 Å². The van der Waals surface area contributed by atoms with E-state index in [4.69, 9.17) is 187 Å². The van der Waals surface area contributed by atoms with Gasteiger partial charge in [-0.2, -0.15) is 5.26 Å². The Morgan fingerprint density at radius 3 is 0.791 bits per heavy atom. The van der Waals surface area contributed by atoms with Gasteiger partial charge in [0.15, 0.2) is 0 Å². The Balaban J connectivity index is 0.000000166. The maximum Gasteiger partial charge on any atom is 0.410 e. The zero-order chi connectivity index (χ0) is 97.2. The Hall–Kier alpha value is -3.26. The highest BCUT2D eigenvalue weighted by Crippen LogP contribution is 2.53. The Morgan fingerprint density at radius 1 is 0.358 bits per heavy atom. The highest BCUT2D eigenvalue weighted by Gasteiger charge is 2.51. The van der Waals surface area contributed by atoms with Crippen molar-refractivity contribution < 1.29 is 57.0 Å². The van der Waals surface area contributed by atoms with Crippen LogP contribution in [0.25, 0.3) is 0 Å². The first-order valence-corrected chi connectivity index (χ1v) is 53.5. The van der Waals surface area contributed by atoms with Crippen molar-refractivity contribution in [3.8, 4) is 6.07 Å². The third-order valence-corrected chi connectivity index (χ3v) is 32.7. The average Bonchev–Trinajstić information content (AvgIpc) is 1.58. The summed E-state index contributed by atoms with van der Waals surface area (Å²) in [5.74, 6) is 2.42. The Bertz CT molecular complexity index is 4440. The lowest BCUT2D eigenvalue weighted by atomic mass is 9.65. The standard InChI is InChI=1S/3C20H27Cl2NO3.2C15H19Cl2NO.C8H5Cl2N.C4H8Br2O/c3*1-19(2,3)26-18(24)23-9-6-15(13-23)20(7-10-25-11-8-20)14-4-5-16(21)17(22)12-14;2*16-13-2-1-11(9-14(13)17)15(4-7-19-8-5-15)12-3-6-18-10-12;9-7-2-1-6(3-4-11)5-8(7)10;5-1-3-7-4-2-6/h3*4-5,12,15H,6-11,13H2,1-3H3;2*1-2,9,12,18H,3-8,10H2;1-2,5H,3H2;1-4H2. The molecule has 32 heteroatoms. The van der Waals surface area contributed by atoms with Crippen molar-refractivity contribution in [2.24, 2.45) is 29.6 Å². The van der Waals surface area contributed by atoms with Crippen molar-refractivity contribution >= 4 is 189 Å². The fourth-order valence-electron chi connectivity index (χ4n) is 20.7. The van der Waals surface area contributed by atoms with Gasteiger partial charge in [0.2, 0.25) is 0 Å². The van der Waals surface area contributed by atoms with Crippen LogP contribution < -0.4 is 10.6 Å². The number of ether oxygens (including phenoxy) is 9. The quantitative estimate of drug-likeness (QED) is 0.0560. The molecular formula is C102H132Br2Cl12N6O12. The van der Waals surface area contributed by atoms with Crippen LogP contribution in [0.5, 0.6) is 0 Å². The number of alkyl halides is 2. The molecule has 10 aliphatic rings. The molecule has 0 radical (unpaired) electrons. The van der Waals surface area contributed by atoms with Gasteiger partial charge >= 0.3 is 18.3 Å². The fraction of sp³-hybridized carbons (Fsp3) is 0.608. The first-order chi connectivity index (χ1) is 63.7. The molecule has 0 bridgehead atoms. The maximum atomic E-state index is 12.5. The Labute approximate surface area is 871 Å². The maximum absolute atomic E-state index is 12.5. The number of carbonyl (C=O) groups excluding carboxylic acids is 3. The molecule has 740 valence electrons. The molecule has 6 aromatic rings. The number of amides is 3. The summed E-state index contributed by atoms with van der Waals surface area (Å²) in [5.41, 5.74) is 6.02. The van der Waals surface area contributed by atoms with Crippen LogP contribution in [0.15, 0.2) is 109 Å². The second-order valence-electron chi connectivity index (χ2n) is 39.2. The SMILES string of the molecule is BrCCOCCBr.CC(C)(C)OC(=O)N1CCC(C2(c3ccc(Cl)c(Cl)c3)CCOCC2)C1.CC(C)(C)OC(=O)N1CCC(C2(c3ccc(Cl)c(Cl)c3)CCOCC2)C1.CC(C)(C)OC(=O)N1CCC(C2(c3ccc(Cl)c(Cl)c3)CCOCC2)C1.Clc1ccc(C2(C3CCNC3)CCOCC2)cc1Cl.Clc1ccc(C2(C3CCNC3)CCOCC2)cc1Cl.N#CCc1ccc(Cl)c(Cl)c1. The normalized spacial score (nSPS) is 22.2. The molecule has 10 aliphatic heterocycles. The van der Waals surface area contributed by atoms with Gasteiger partial charge in [-0.15, -0.1) is 0 Å². The lowest BCUT2D eigenvalue weighted by Crippen LogP contribution is -2.43. The third kappa shape index (κ3) is 31.1. The van der Waals surface area contributed by atoms with E-state index in [-0.39, 0.29) is 45.4 Å². The smallest absolute Gasteiger partial charge is 0.410 e. The molecular weight excluding hydrogens is 2090 g/mol. The number of hydrogen-bond acceptors (Lipinski definition) is 15. The summed E-state index contributed by atoms with van der Waals surface area (Å²) in [6.45, 7) is 35.1. The number of nitriles is 1. The summed E-state index contributed by atoms with van der Waals surface area (Å²) in [6, 6.07) is 37.3. The number of halogens is 14. The summed E-state index contributed by atoms with van der Waals surface area (Å²) in [6.07, 6.45) is 14.9. The Morgan fingerprint density at radius 2 is 0.590 bits per heavy atom. The van der Waals surface area contributed by atoms with Gasteiger partial charge in [-0.3, -0.25) is 0 Å². The zero-order valence-electron chi connectivity index (χ0n) is 78.5. The van der Waals surface area contributed by atoms with Crippen molar-refractivity contribution in [2.45, 2.75) is 209 Å². The molecule has 0 aliphatic carbocycles. The number of nitrogens with one attached hydrogen (secondary N) is 2. The molecule has 2 N–H and O–H groups in total. The van der Waals surface area contributed by atoms with E-state index in [1.165, 1.54) is 40.7 Å². The summed E-state index contributed by atoms with van der Waals surface area (Å²) >= 11 is 79.7. The summed E-state index contributed by atoms with van der Waals surface area (Å²) in [7, 11) is 0. The Kier molecular flexibility index (Phi) is 44.4. The van der Waals surface area contributed by atoms with Crippen LogP contribution in [-0.2, 0) is 76.1 Å². The number of rotatable bonds is 15. The molecule has 0 aromatic heterocycles. The first-order valence-electron chi connectivity index (χ1n) is 46.8. The molecule has 134 heavy (non-hydrogen) atoms. The summed E-state index contributed by atoms with van der Waals surface area (Å²) in [4.78, 5) is 42.9. The largest absolute Gasteiger partial charge is 0.444 e. The van der Waals surface area contributed by atoms with Crippen molar-refractivity contribution in [3.63, 3.8) is 0 Å². The van der Waals surface area contributed by atoms with E-state index in [1.54, 1.807) is 18.2 Å². The minimum Gasteiger partial charge on any atom is -0.444 e. The number of hydrogen-bond donors (Lipinski definition) is 2. The van der Waals surface area contributed by atoms with Crippen LogP contribution >= 0.6 is 171 Å². The van der Waals surface area contributed by atoms with E-state index < -0.39 is 16.8 Å². The third-order valence-electron chi connectivity index (χ3n) is 27.7. The number of benzene rings is 6. The van der Waals surface area contributed by atoms with Crippen LogP contribution in [-0.4, -0.2) is 205 Å². The van der Waals surface area contributed by atoms with Crippen LogP contribution in [0.3, 0.4) is 0 Å². The minimum absolute atomic E-state index is 0.0385. The lowest BCUT2D eigenvalue weighted by molar-refractivity contribution is 0.0175. The molecule has 5 unspecified atom stereocenters. The van der Waals surface area contributed by atoms with Gasteiger partial charge in [-0.25, -0.2) is 14.4 Å². The molecule has 6 aromatic carbocycles. The molecule has 18 nitrogen and oxygen atoms in total. The van der Waals surface area contributed by atoms with E-state index in [0.29, 0.717) is 116 Å². The molecule has 0 spiro atoms. The van der Waals surface area contributed by atoms with Crippen molar-refractivity contribution in [2.75, 3.05) is 155 Å². The minimum atomic E-state index is -0.477. The predicted octanol–water partition coefficient (Wildman–Crippen LogP) is 28.1. The lowest BCUT2D eigenvalue weighted by Gasteiger charge is -2.43. The van der Waals surface area contributed by atoms with Crippen LogP contribution in [0.4, 0.5) is 14.4 Å². The fourth-order valence-corrected chi connectivity index (χ4v) is 23.0. The van der Waals surface area contributed by atoms with Crippen LogP contribution in [0.2, 0.25) is 60.3 Å². The summed E-state index contributed by atoms with van der Waals surface area (Å²) < 4.78 is 49.8. The van der Waals surface area contributed by atoms with Crippen LogP contribution in [0, 0.1) is 40.9 Å². The van der Waals surface area contributed by atoms with Gasteiger partial charge in [0.25, 0.3) is 0 Å². The van der Waals surface area contributed by atoms with Gasteiger partial charge in [0.05, 0.1) is 86.0 Å². The van der Waals surface area contributed by atoms with Gasteiger partial charge in [-0.05, 0) is 321 Å². The molecule has 10 heterocycles. The van der Waals surface area contributed by atoms with Crippen molar-refractivity contribution in [3.05, 3.63) is 203 Å². The molecule has 10 saturated heterocycles. The van der Waals surface area contributed by atoms with E-state index in [1.807, 2.05) is 132 Å². The van der Waals surface area contributed by atoms with E-state index in [9.17, 15) is 14.4 Å². The first kappa shape index (κ1) is 113. The number of carbonyl (C=O) groups is 3. The monoisotopic (exact) mass is 2210 g/mol. The van der Waals surface area contributed by atoms with E-state index >= 15 is 0 Å². The highest BCUT2D eigenvalue weighted by atomic mass is 79.9. The van der Waals surface area contributed by atoms with E-state index in [0.717, 1.165) is 225 Å². The highest BCUT2D eigenvalue weighted by molar-refractivity contribution is 9.09. The number of nitrogens with zero attached hydrogens (tertiary/aromatic N) is 4. The van der Waals surface area contributed by atoms with E-state index in [2.05, 4.69) is 85.0 Å². The second-order valence-corrected chi connectivity index (χ2v) is 45.6. The average molecular weight is 2220 g/mol. The predicted molar refractivity (Wildman–Crippen MR) is 555 cm³/mol. The van der Waals surface area contributed by atoms with Gasteiger partial charge in [0.1, 0.15) is 16.8 Å². The van der Waals surface area contributed by atoms with Crippen LogP contribution in [0.1, 0.15) is 192 Å². The van der Waals surface area contributed by atoms with Crippen molar-refractivity contribution in [1.29, 1.82) is 5.26 Å². The van der Waals surface area contributed by atoms with Gasteiger partial charge < -0.3 is 68.0 Å². The molecule has 0 saturated carbocycles. The number of likely N-dealkylation sites (tertiary alicyclic amines) is 3. The second kappa shape index (κ2) is 52.8. The topological polar surface area (TPSA) is 192 Å². The zero-order valence-corrected chi connectivity index (χ0v) is 90.8. The molecule has 3 amide bonds. The molecule has 5 atom stereocenters. The van der Waals surface area contributed by atoms with Crippen molar-refractivity contribution in [1.82, 2.24) is 25.3 Å². The molecule has 10 fully saturated rings.